The van der Waals surface area contributed by atoms with Crippen LogP contribution in [0.2, 0.25) is 0 Å². The van der Waals surface area contributed by atoms with E-state index in [-0.39, 0.29) is 11.3 Å². The van der Waals surface area contributed by atoms with Crippen LogP contribution in [-0.4, -0.2) is 32.1 Å². The van der Waals surface area contributed by atoms with Gasteiger partial charge in [0.15, 0.2) is 17.7 Å². The molecule has 26 heavy (non-hydrogen) atoms. The van der Waals surface area contributed by atoms with Crippen LogP contribution >= 0.6 is 0 Å². The largest absolute Gasteiger partial charge is 0.497 e. The summed E-state index contributed by atoms with van der Waals surface area (Å²) in [5, 5.41) is 0. The van der Waals surface area contributed by atoms with Gasteiger partial charge in [-0.05, 0) is 37.3 Å². The van der Waals surface area contributed by atoms with Crippen LogP contribution in [0.5, 0.6) is 17.2 Å². The predicted molar refractivity (Wildman–Crippen MR) is 91.6 cm³/mol. The number of amides is 2. The van der Waals surface area contributed by atoms with Crippen molar-refractivity contribution < 1.29 is 28.2 Å². The quantitative estimate of drug-likeness (QED) is 0.769. The van der Waals surface area contributed by atoms with Crippen molar-refractivity contribution >= 4 is 11.8 Å². The van der Waals surface area contributed by atoms with Crippen molar-refractivity contribution in [3.63, 3.8) is 0 Å². The van der Waals surface area contributed by atoms with Gasteiger partial charge >= 0.3 is 0 Å². The normalized spacial score (nSPS) is 11.2. The molecule has 8 heteroatoms. The van der Waals surface area contributed by atoms with Crippen molar-refractivity contribution in [1.82, 2.24) is 10.9 Å². The first-order valence-corrected chi connectivity index (χ1v) is 7.69. The van der Waals surface area contributed by atoms with Crippen LogP contribution < -0.4 is 25.1 Å². The molecular weight excluding hydrogens is 343 g/mol. The van der Waals surface area contributed by atoms with Gasteiger partial charge in [0.1, 0.15) is 11.5 Å². The summed E-state index contributed by atoms with van der Waals surface area (Å²) < 4.78 is 29.0. The molecular formula is C18H19FN2O5. The van der Waals surface area contributed by atoms with E-state index in [1.807, 2.05) is 0 Å². The smallest absolute Gasteiger partial charge is 0.279 e. The van der Waals surface area contributed by atoms with Gasteiger partial charge in [0.2, 0.25) is 0 Å². The number of hydrazine groups is 1. The molecule has 2 aromatic rings. The van der Waals surface area contributed by atoms with Crippen LogP contribution in [0.25, 0.3) is 0 Å². The summed E-state index contributed by atoms with van der Waals surface area (Å²) in [4.78, 5) is 24.3. The minimum atomic E-state index is -1.03. The Morgan fingerprint density at radius 2 is 1.73 bits per heavy atom. The molecule has 0 unspecified atom stereocenters. The van der Waals surface area contributed by atoms with E-state index in [1.54, 1.807) is 18.2 Å². The molecule has 0 aliphatic heterocycles. The average Bonchev–Trinajstić information content (AvgIpc) is 2.66. The second kappa shape index (κ2) is 8.70. The van der Waals surface area contributed by atoms with Gasteiger partial charge in [-0.15, -0.1) is 0 Å². The number of hydrogen-bond donors (Lipinski definition) is 2. The number of rotatable bonds is 6. The Labute approximate surface area is 150 Å². The number of hydrogen-bond acceptors (Lipinski definition) is 5. The molecule has 0 bridgehead atoms. The number of ether oxygens (including phenoxy) is 3. The maximum atomic E-state index is 13.6. The van der Waals surface area contributed by atoms with Gasteiger partial charge in [-0.2, -0.15) is 0 Å². The molecule has 0 aliphatic rings. The first-order chi connectivity index (χ1) is 12.5. The summed E-state index contributed by atoms with van der Waals surface area (Å²) in [6, 6.07) is 10.4. The lowest BCUT2D eigenvalue weighted by molar-refractivity contribution is -0.128. The third kappa shape index (κ3) is 4.62. The number of benzene rings is 2. The molecule has 0 saturated heterocycles. The first kappa shape index (κ1) is 19.0. The summed E-state index contributed by atoms with van der Waals surface area (Å²) in [5.41, 5.74) is 4.66. The maximum absolute atomic E-state index is 13.6. The van der Waals surface area contributed by atoms with Crippen molar-refractivity contribution in [3.05, 3.63) is 53.8 Å². The van der Waals surface area contributed by atoms with Gasteiger partial charge in [-0.1, -0.05) is 12.1 Å². The van der Waals surface area contributed by atoms with E-state index in [1.165, 1.54) is 45.4 Å². The molecule has 7 nitrogen and oxygen atoms in total. The van der Waals surface area contributed by atoms with Crippen molar-refractivity contribution in [3.8, 4) is 17.2 Å². The first-order valence-electron chi connectivity index (χ1n) is 7.69. The standard InChI is InChI=1S/C18H19FN2O5/c1-11(26-16-7-5-4-6-14(16)19)17(22)20-21-18(23)13-10-12(24-2)8-9-15(13)25-3/h4-11H,1-3H3,(H,20,22)(H,21,23)/t11-/m0/s1. The van der Waals surface area contributed by atoms with E-state index < -0.39 is 23.7 Å². The molecule has 2 N–H and O–H groups in total. The predicted octanol–water partition coefficient (Wildman–Crippen LogP) is 2.07. The zero-order chi connectivity index (χ0) is 19.1. The highest BCUT2D eigenvalue weighted by Crippen LogP contribution is 2.23. The number of nitrogens with one attached hydrogen (secondary N) is 2. The lowest BCUT2D eigenvalue weighted by Gasteiger charge is -2.16. The van der Waals surface area contributed by atoms with Gasteiger partial charge in [0.05, 0.1) is 19.8 Å². The van der Waals surface area contributed by atoms with E-state index in [2.05, 4.69) is 10.9 Å². The topological polar surface area (TPSA) is 85.9 Å². The summed E-state index contributed by atoms with van der Waals surface area (Å²) in [5.74, 6) is -1.13. The monoisotopic (exact) mass is 362 g/mol. The van der Waals surface area contributed by atoms with Gasteiger partial charge < -0.3 is 14.2 Å². The average molecular weight is 362 g/mol. The maximum Gasteiger partial charge on any atom is 0.279 e. The Morgan fingerprint density at radius 1 is 1.00 bits per heavy atom. The van der Waals surface area contributed by atoms with Crippen molar-refractivity contribution in [1.29, 1.82) is 0 Å². The number of carbonyl (C=O) groups is 2. The molecule has 0 aromatic heterocycles. The molecule has 0 fully saturated rings. The highest BCUT2D eigenvalue weighted by atomic mass is 19.1. The summed E-state index contributed by atoms with van der Waals surface area (Å²) in [6.45, 7) is 1.43. The summed E-state index contributed by atoms with van der Waals surface area (Å²) in [6.07, 6.45) is -1.03. The molecule has 0 radical (unpaired) electrons. The minimum Gasteiger partial charge on any atom is -0.497 e. The van der Waals surface area contributed by atoms with E-state index in [9.17, 15) is 14.0 Å². The minimum absolute atomic E-state index is 0.0593. The van der Waals surface area contributed by atoms with Crippen LogP contribution in [0.4, 0.5) is 4.39 Å². The SMILES string of the molecule is COc1ccc(OC)c(C(=O)NNC(=O)[C@H](C)Oc2ccccc2F)c1. The molecule has 0 saturated carbocycles. The zero-order valence-corrected chi connectivity index (χ0v) is 14.5. The number of methoxy groups -OCH3 is 2. The molecule has 138 valence electrons. The van der Waals surface area contributed by atoms with Gasteiger partial charge in [-0.3, -0.25) is 20.4 Å². The molecule has 2 aromatic carbocycles. The van der Waals surface area contributed by atoms with Crippen molar-refractivity contribution in [2.24, 2.45) is 0 Å². The second-order valence-electron chi connectivity index (χ2n) is 5.20. The van der Waals surface area contributed by atoms with Crippen molar-refractivity contribution in [2.45, 2.75) is 13.0 Å². The van der Waals surface area contributed by atoms with Gasteiger partial charge in [0, 0.05) is 0 Å². The molecule has 2 amide bonds. The summed E-state index contributed by atoms with van der Waals surface area (Å²) >= 11 is 0. The lowest BCUT2D eigenvalue weighted by Crippen LogP contribution is -2.47. The van der Waals surface area contributed by atoms with E-state index in [4.69, 9.17) is 14.2 Å². The zero-order valence-electron chi connectivity index (χ0n) is 14.5. The van der Waals surface area contributed by atoms with E-state index in [0.717, 1.165) is 0 Å². The third-order valence-corrected chi connectivity index (χ3v) is 3.46. The summed E-state index contributed by atoms with van der Waals surface area (Å²) in [7, 11) is 2.88. The Morgan fingerprint density at radius 3 is 2.38 bits per heavy atom. The Kier molecular flexibility index (Phi) is 6.37. The van der Waals surface area contributed by atoms with Crippen LogP contribution in [0.15, 0.2) is 42.5 Å². The number of carbonyl (C=O) groups excluding carboxylic acids is 2. The molecule has 0 spiro atoms. The highest BCUT2D eigenvalue weighted by Gasteiger charge is 2.19. The highest BCUT2D eigenvalue weighted by molar-refractivity contribution is 5.98. The van der Waals surface area contributed by atoms with E-state index >= 15 is 0 Å². The van der Waals surface area contributed by atoms with E-state index in [0.29, 0.717) is 11.5 Å². The molecule has 2 rings (SSSR count). The Balaban J connectivity index is 1.98. The number of para-hydroxylation sites is 1. The molecule has 1 atom stereocenters. The van der Waals surface area contributed by atoms with Crippen molar-refractivity contribution in [2.75, 3.05) is 14.2 Å². The van der Waals surface area contributed by atoms with Gasteiger partial charge in [-0.25, -0.2) is 4.39 Å². The Hall–Kier alpha value is -3.29. The Bertz CT molecular complexity index is 797. The fourth-order valence-corrected chi connectivity index (χ4v) is 2.06. The van der Waals surface area contributed by atoms with Crippen LogP contribution in [0, 0.1) is 5.82 Å². The van der Waals surface area contributed by atoms with Crippen LogP contribution in [0.3, 0.4) is 0 Å². The second-order valence-corrected chi connectivity index (χ2v) is 5.20. The van der Waals surface area contributed by atoms with Crippen LogP contribution in [0.1, 0.15) is 17.3 Å². The van der Waals surface area contributed by atoms with Crippen LogP contribution in [-0.2, 0) is 4.79 Å². The lowest BCUT2D eigenvalue weighted by atomic mass is 10.2. The molecule has 0 aliphatic carbocycles. The third-order valence-electron chi connectivity index (χ3n) is 3.46. The fraction of sp³-hybridized carbons (Fsp3) is 0.222. The van der Waals surface area contributed by atoms with Gasteiger partial charge in [0.25, 0.3) is 11.8 Å². The fourth-order valence-electron chi connectivity index (χ4n) is 2.06. The number of halogens is 1. The molecule has 0 heterocycles.